The fourth-order valence-corrected chi connectivity index (χ4v) is 6.90. The first kappa shape index (κ1) is 28.2. The first-order valence-corrected chi connectivity index (χ1v) is 16.6. The Balaban J connectivity index is 1.11. The van der Waals surface area contributed by atoms with E-state index in [0.717, 1.165) is 82.8 Å². The molecule has 10 rings (SSSR count). The summed E-state index contributed by atoms with van der Waals surface area (Å²) in [6.45, 7) is 0. The maximum atomic E-state index is 6.44. The van der Waals surface area contributed by atoms with Gasteiger partial charge in [0, 0.05) is 38.2 Å². The summed E-state index contributed by atoms with van der Waals surface area (Å²) in [5.74, 6) is 1.73. The van der Waals surface area contributed by atoms with Crippen LogP contribution in [0.1, 0.15) is 0 Å². The maximum Gasteiger partial charge on any atom is 0.164 e. The van der Waals surface area contributed by atoms with Crippen molar-refractivity contribution in [2.45, 2.75) is 0 Å². The highest BCUT2D eigenvalue weighted by atomic mass is 16.3. The molecule has 7 aromatic carbocycles. The third-order valence-corrected chi connectivity index (χ3v) is 9.35. The summed E-state index contributed by atoms with van der Waals surface area (Å²) >= 11 is 0. The molecule has 3 heterocycles. The Bertz CT molecular complexity index is 2860. The van der Waals surface area contributed by atoms with E-state index in [4.69, 9.17) is 23.8 Å². The summed E-state index contributed by atoms with van der Waals surface area (Å²) in [5, 5.41) is 4.26. The summed E-state index contributed by atoms with van der Waals surface area (Å²) < 4.78 is 12.9. The summed E-state index contributed by atoms with van der Waals surface area (Å²) in [7, 11) is 0. The molecule has 0 radical (unpaired) electrons. The molecule has 0 bridgehead atoms. The van der Waals surface area contributed by atoms with Gasteiger partial charge < -0.3 is 8.83 Å². The fraction of sp³-hybridized carbons (Fsp3) is 0. The minimum absolute atomic E-state index is 0.566. The highest BCUT2D eigenvalue weighted by molar-refractivity contribution is 6.13. The zero-order valence-electron chi connectivity index (χ0n) is 26.7. The molecule has 0 N–H and O–H groups in total. The minimum Gasteiger partial charge on any atom is -0.456 e. The molecule has 0 aliphatic heterocycles. The van der Waals surface area contributed by atoms with Crippen LogP contribution < -0.4 is 0 Å². The number of furan rings is 2. The number of hydrogen-bond donors (Lipinski definition) is 0. The van der Waals surface area contributed by atoms with E-state index < -0.39 is 0 Å². The zero-order chi connectivity index (χ0) is 33.0. The van der Waals surface area contributed by atoms with Crippen molar-refractivity contribution in [2.75, 3.05) is 0 Å². The van der Waals surface area contributed by atoms with Gasteiger partial charge in [0.05, 0.1) is 0 Å². The first-order valence-electron chi connectivity index (χ1n) is 16.6. The predicted octanol–water partition coefficient (Wildman–Crippen LogP) is 12.0. The molecular weight excluding hydrogens is 615 g/mol. The summed E-state index contributed by atoms with van der Waals surface area (Å²) in [6.07, 6.45) is 0. The molecule has 0 amide bonds. The number of fused-ring (bicyclic) bond motifs is 6. The Morgan fingerprint density at radius 3 is 1.38 bits per heavy atom. The number of benzene rings is 7. The number of aromatic nitrogens is 3. The Hall–Kier alpha value is -6.85. The van der Waals surface area contributed by atoms with E-state index in [9.17, 15) is 0 Å². The van der Waals surface area contributed by atoms with Crippen LogP contribution in [0, 0.1) is 0 Å². The third-order valence-electron chi connectivity index (χ3n) is 9.35. The van der Waals surface area contributed by atoms with E-state index >= 15 is 0 Å². The number of nitrogens with zero attached hydrogens (tertiary/aromatic N) is 3. The third kappa shape index (κ3) is 4.75. The van der Waals surface area contributed by atoms with Gasteiger partial charge in [0.15, 0.2) is 17.5 Å². The molecule has 0 spiro atoms. The van der Waals surface area contributed by atoms with Gasteiger partial charge in [-0.3, -0.25) is 0 Å². The van der Waals surface area contributed by atoms with Gasteiger partial charge in [-0.05, 0) is 64.7 Å². The lowest BCUT2D eigenvalue weighted by Crippen LogP contribution is -2.00. The molecule has 0 saturated carbocycles. The molecule has 0 aliphatic carbocycles. The van der Waals surface area contributed by atoms with Crippen molar-refractivity contribution in [3.05, 3.63) is 164 Å². The van der Waals surface area contributed by atoms with Crippen molar-refractivity contribution in [2.24, 2.45) is 0 Å². The molecule has 0 unspecified atom stereocenters. The van der Waals surface area contributed by atoms with Crippen molar-refractivity contribution in [1.82, 2.24) is 15.0 Å². The van der Waals surface area contributed by atoms with Crippen LogP contribution in [0.4, 0.5) is 0 Å². The van der Waals surface area contributed by atoms with E-state index in [1.54, 1.807) is 0 Å². The average molecular weight is 642 g/mol. The summed E-state index contributed by atoms with van der Waals surface area (Å²) in [5.41, 5.74) is 10.4. The molecule has 0 fully saturated rings. The first-order chi connectivity index (χ1) is 24.7. The van der Waals surface area contributed by atoms with Gasteiger partial charge in [0.1, 0.15) is 22.3 Å². The second-order valence-electron chi connectivity index (χ2n) is 12.4. The molecule has 10 aromatic rings. The Kier molecular flexibility index (Phi) is 6.42. The SMILES string of the molecule is c1ccc(-c2ccc3c(c2)oc2cc(-c4nc(-c5ccccc5)nc(-c5ccc6c(c5)oc5cccc(-c7ccccc7)c56)n4)ccc23)cc1. The van der Waals surface area contributed by atoms with Crippen molar-refractivity contribution < 1.29 is 8.83 Å². The second kappa shape index (κ2) is 11.4. The van der Waals surface area contributed by atoms with Crippen molar-refractivity contribution in [3.8, 4) is 56.4 Å². The molecule has 50 heavy (non-hydrogen) atoms. The van der Waals surface area contributed by atoms with Gasteiger partial charge in [-0.15, -0.1) is 0 Å². The quantitative estimate of drug-likeness (QED) is 0.187. The number of hydrogen-bond acceptors (Lipinski definition) is 5. The maximum absolute atomic E-state index is 6.44. The van der Waals surface area contributed by atoms with Crippen molar-refractivity contribution in [3.63, 3.8) is 0 Å². The lowest BCUT2D eigenvalue weighted by atomic mass is 9.99. The van der Waals surface area contributed by atoms with Crippen LogP contribution >= 0.6 is 0 Å². The van der Waals surface area contributed by atoms with Crippen LogP contribution in [-0.4, -0.2) is 15.0 Å². The standard InChI is InChI=1S/C45H27N3O2/c1-4-11-28(12-5-1)31-19-22-35-36-23-20-32(26-40(36)50-39(35)25-31)44-46-43(30-15-8-3-9-16-30)47-45(48-44)33-21-24-37-41(27-33)49-38-18-10-17-34(42(37)38)29-13-6-2-7-14-29/h1-27H. The fourth-order valence-electron chi connectivity index (χ4n) is 6.90. The van der Waals surface area contributed by atoms with Gasteiger partial charge in [-0.25, -0.2) is 15.0 Å². The van der Waals surface area contributed by atoms with Crippen LogP contribution in [0.15, 0.2) is 173 Å². The molecule has 0 saturated heterocycles. The van der Waals surface area contributed by atoms with E-state index in [1.165, 1.54) is 0 Å². The van der Waals surface area contributed by atoms with Crippen LogP contribution in [-0.2, 0) is 0 Å². The van der Waals surface area contributed by atoms with Crippen LogP contribution in [0.3, 0.4) is 0 Å². The van der Waals surface area contributed by atoms with Crippen molar-refractivity contribution in [1.29, 1.82) is 0 Å². The zero-order valence-corrected chi connectivity index (χ0v) is 26.7. The summed E-state index contributed by atoms with van der Waals surface area (Å²) in [6, 6.07) is 55.8. The lowest BCUT2D eigenvalue weighted by Gasteiger charge is -2.08. The van der Waals surface area contributed by atoms with Crippen LogP contribution in [0.5, 0.6) is 0 Å². The summed E-state index contributed by atoms with van der Waals surface area (Å²) in [4.78, 5) is 15.0. The van der Waals surface area contributed by atoms with Crippen LogP contribution in [0.2, 0.25) is 0 Å². The van der Waals surface area contributed by atoms with Gasteiger partial charge >= 0.3 is 0 Å². The van der Waals surface area contributed by atoms with E-state index in [1.807, 2.05) is 78.9 Å². The number of rotatable bonds is 5. The molecule has 5 nitrogen and oxygen atoms in total. The predicted molar refractivity (Wildman–Crippen MR) is 202 cm³/mol. The van der Waals surface area contributed by atoms with Crippen molar-refractivity contribution >= 4 is 43.9 Å². The van der Waals surface area contributed by atoms with Gasteiger partial charge in [-0.2, -0.15) is 0 Å². The molecule has 5 heteroatoms. The highest BCUT2D eigenvalue weighted by Gasteiger charge is 2.18. The molecule has 0 aliphatic rings. The minimum atomic E-state index is 0.566. The van der Waals surface area contributed by atoms with E-state index in [0.29, 0.717) is 17.5 Å². The van der Waals surface area contributed by atoms with E-state index in [2.05, 4.69) is 84.9 Å². The largest absolute Gasteiger partial charge is 0.456 e. The topological polar surface area (TPSA) is 65.0 Å². The van der Waals surface area contributed by atoms with Crippen LogP contribution in [0.25, 0.3) is 100 Å². The Morgan fingerprint density at radius 2 is 0.760 bits per heavy atom. The Morgan fingerprint density at radius 1 is 0.300 bits per heavy atom. The van der Waals surface area contributed by atoms with Gasteiger partial charge in [-0.1, -0.05) is 121 Å². The van der Waals surface area contributed by atoms with Gasteiger partial charge in [0.2, 0.25) is 0 Å². The molecule has 0 atom stereocenters. The average Bonchev–Trinajstić information content (AvgIpc) is 3.76. The Labute approximate surface area is 287 Å². The highest BCUT2D eigenvalue weighted by Crippen LogP contribution is 2.39. The lowest BCUT2D eigenvalue weighted by molar-refractivity contribution is 0.669. The molecular formula is C45H27N3O2. The van der Waals surface area contributed by atoms with E-state index in [-0.39, 0.29) is 0 Å². The van der Waals surface area contributed by atoms with Gasteiger partial charge in [0.25, 0.3) is 0 Å². The monoisotopic (exact) mass is 641 g/mol. The molecule has 3 aromatic heterocycles. The smallest absolute Gasteiger partial charge is 0.164 e. The molecule has 234 valence electrons. The second-order valence-corrected chi connectivity index (χ2v) is 12.4. The normalized spacial score (nSPS) is 11.6.